The Hall–Kier alpha value is -0.120. The highest BCUT2D eigenvalue weighted by Gasteiger charge is 2.19. The summed E-state index contributed by atoms with van der Waals surface area (Å²) in [6.45, 7) is 5.56. The second-order valence-corrected chi connectivity index (χ2v) is 3.47. The van der Waals surface area contributed by atoms with Crippen molar-refractivity contribution in [1.29, 1.82) is 0 Å². The average Bonchev–Trinajstić information content (AvgIpc) is 1.84. The van der Waals surface area contributed by atoms with Crippen LogP contribution in [-0.4, -0.2) is 28.5 Å². The van der Waals surface area contributed by atoms with Gasteiger partial charge in [0.1, 0.15) is 0 Å². The van der Waals surface area contributed by atoms with Crippen LogP contribution >= 0.6 is 0 Å². The smallest absolute Gasteiger partial charge is 0.0718 e. The normalized spacial score (nSPS) is 19.9. The highest BCUT2D eigenvalue weighted by molar-refractivity contribution is 4.75. The molecule has 0 aliphatic rings. The summed E-state index contributed by atoms with van der Waals surface area (Å²) in [5, 5.41) is 18.3. The highest BCUT2D eigenvalue weighted by Crippen LogP contribution is 2.08. The van der Waals surface area contributed by atoms with Crippen LogP contribution in [-0.2, 0) is 0 Å². The summed E-state index contributed by atoms with van der Waals surface area (Å²) in [6.07, 6.45) is -0.705. The van der Waals surface area contributed by atoms with E-state index in [4.69, 9.17) is 10.8 Å². The minimum absolute atomic E-state index is 0.232. The molecule has 0 aliphatic heterocycles. The average molecular weight is 161 g/mol. The number of hydrogen-bond donors (Lipinski definition) is 3. The van der Waals surface area contributed by atoms with E-state index in [-0.39, 0.29) is 12.0 Å². The molecular weight excluding hydrogens is 142 g/mol. The van der Waals surface area contributed by atoms with Gasteiger partial charge in [0.15, 0.2) is 0 Å². The predicted octanol–water partition coefficient (Wildman–Crippen LogP) is 0.101. The number of nitrogens with two attached hydrogens (primary N) is 1. The van der Waals surface area contributed by atoms with Crippen LogP contribution in [0.1, 0.15) is 27.2 Å². The Morgan fingerprint density at radius 2 is 1.64 bits per heavy atom. The third-order valence-electron chi connectivity index (χ3n) is 1.80. The van der Waals surface area contributed by atoms with Gasteiger partial charge in [0.2, 0.25) is 0 Å². The molecule has 0 spiro atoms. The van der Waals surface area contributed by atoms with Crippen molar-refractivity contribution in [3.05, 3.63) is 0 Å². The fourth-order valence-electron chi connectivity index (χ4n) is 0.951. The molecule has 0 saturated carbocycles. The van der Waals surface area contributed by atoms with Crippen LogP contribution in [0.3, 0.4) is 0 Å². The van der Waals surface area contributed by atoms with Crippen molar-refractivity contribution < 1.29 is 10.2 Å². The van der Waals surface area contributed by atoms with Crippen molar-refractivity contribution in [1.82, 2.24) is 0 Å². The summed E-state index contributed by atoms with van der Waals surface area (Å²) in [5.41, 5.74) is 5.65. The second kappa shape index (κ2) is 4.70. The first-order valence-corrected chi connectivity index (χ1v) is 4.06. The Bertz CT molecular complexity index is 104. The second-order valence-electron chi connectivity index (χ2n) is 3.47. The Kier molecular flexibility index (Phi) is 4.65. The molecule has 0 aromatic heterocycles. The van der Waals surface area contributed by atoms with Crippen LogP contribution in [0.2, 0.25) is 0 Å². The van der Waals surface area contributed by atoms with Crippen LogP contribution in [0.15, 0.2) is 0 Å². The fraction of sp³-hybridized carbons (Fsp3) is 1.00. The molecule has 0 aromatic carbocycles. The van der Waals surface area contributed by atoms with Gasteiger partial charge in [-0.05, 0) is 12.8 Å². The SMILES string of the molecule is CC(O)CC(O)C(N)C(C)C. The molecular formula is C8H19NO2. The maximum Gasteiger partial charge on any atom is 0.0718 e. The Morgan fingerprint density at radius 3 is 1.91 bits per heavy atom. The minimum Gasteiger partial charge on any atom is -0.393 e. The molecule has 3 atom stereocenters. The van der Waals surface area contributed by atoms with Crippen molar-refractivity contribution in [2.24, 2.45) is 11.7 Å². The first kappa shape index (κ1) is 10.9. The van der Waals surface area contributed by atoms with Gasteiger partial charge < -0.3 is 15.9 Å². The van der Waals surface area contributed by atoms with Gasteiger partial charge in [0.25, 0.3) is 0 Å². The van der Waals surface area contributed by atoms with Gasteiger partial charge in [-0.2, -0.15) is 0 Å². The lowest BCUT2D eigenvalue weighted by atomic mass is 9.96. The number of hydrogen-bond acceptors (Lipinski definition) is 3. The maximum absolute atomic E-state index is 9.37. The molecule has 0 aliphatic carbocycles. The lowest BCUT2D eigenvalue weighted by Crippen LogP contribution is -2.40. The lowest BCUT2D eigenvalue weighted by molar-refractivity contribution is 0.0628. The molecule has 0 saturated heterocycles. The summed E-state index contributed by atoms with van der Waals surface area (Å²) in [6, 6.07) is -0.232. The molecule has 0 amide bonds. The maximum atomic E-state index is 9.37. The van der Waals surface area contributed by atoms with Crippen LogP contribution in [0, 0.1) is 5.92 Å². The molecule has 0 fully saturated rings. The predicted molar refractivity (Wildman–Crippen MR) is 45.1 cm³/mol. The number of aliphatic hydroxyl groups excluding tert-OH is 2. The van der Waals surface area contributed by atoms with E-state index in [0.29, 0.717) is 6.42 Å². The Labute approximate surface area is 68.2 Å². The first-order valence-electron chi connectivity index (χ1n) is 4.06. The van der Waals surface area contributed by atoms with E-state index in [1.54, 1.807) is 6.92 Å². The monoisotopic (exact) mass is 161 g/mol. The molecule has 68 valence electrons. The van der Waals surface area contributed by atoms with E-state index >= 15 is 0 Å². The summed E-state index contributed by atoms with van der Waals surface area (Å²) >= 11 is 0. The number of rotatable bonds is 4. The third kappa shape index (κ3) is 4.35. The zero-order chi connectivity index (χ0) is 9.02. The van der Waals surface area contributed by atoms with Gasteiger partial charge in [-0.15, -0.1) is 0 Å². The van der Waals surface area contributed by atoms with Gasteiger partial charge in [0, 0.05) is 12.5 Å². The molecule has 0 rings (SSSR count). The minimum atomic E-state index is -0.588. The molecule has 0 aromatic rings. The van der Waals surface area contributed by atoms with Gasteiger partial charge in [0.05, 0.1) is 12.2 Å². The van der Waals surface area contributed by atoms with Crippen LogP contribution in [0.5, 0.6) is 0 Å². The van der Waals surface area contributed by atoms with Gasteiger partial charge >= 0.3 is 0 Å². The van der Waals surface area contributed by atoms with E-state index in [1.807, 2.05) is 13.8 Å². The van der Waals surface area contributed by atoms with Gasteiger partial charge in [-0.25, -0.2) is 0 Å². The zero-order valence-corrected chi connectivity index (χ0v) is 7.49. The van der Waals surface area contributed by atoms with E-state index in [1.165, 1.54) is 0 Å². The Morgan fingerprint density at radius 1 is 1.18 bits per heavy atom. The molecule has 3 nitrogen and oxygen atoms in total. The van der Waals surface area contributed by atoms with Crippen molar-refractivity contribution in [2.45, 2.75) is 45.4 Å². The van der Waals surface area contributed by atoms with Crippen molar-refractivity contribution in [3.63, 3.8) is 0 Å². The quantitative estimate of drug-likeness (QED) is 0.548. The van der Waals surface area contributed by atoms with Gasteiger partial charge in [-0.1, -0.05) is 13.8 Å². The molecule has 11 heavy (non-hydrogen) atoms. The molecule has 0 bridgehead atoms. The summed E-state index contributed by atoms with van der Waals surface area (Å²) < 4.78 is 0. The van der Waals surface area contributed by atoms with Crippen LogP contribution in [0.4, 0.5) is 0 Å². The zero-order valence-electron chi connectivity index (χ0n) is 7.49. The largest absolute Gasteiger partial charge is 0.393 e. The van der Waals surface area contributed by atoms with Crippen molar-refractivity contribution in [2.75, 3.05) is 0 Å². The molecule has 3 unspecified atom stereocenters. The topological polar surface area (TPSA) is 66.5 Å². The molecule has 3 heteroatoms. The van der Waals surface area contributed by atoms with Gasteiger partial charge in [-0.3, -0.25) is 0 Å². The Balaban J connectivity index is 3.73. The third-order valence-corrected chi connectivity index (χ3v) is 1.80. The lowest BCUT2D eigenvalue weighted by Gasteiger charge is -2.22. The van der Waals surface area contributed by atoms with E-state index in [2.05, 4.69) is 0 Å². The van der Waals surface area contributed by atoms with Crippen molar-refractivity contribution in [3.8, 4) is 0 Å². The van der Waals surface area contributed by atoms with E-state index in [9.17, 15) is 5.11 Å². The first-order chi connectivity index (χ1) is 4.95. The van der Waals surface area contributed by atoms with E-state index in [0.717, 1.165) is 0 Å². The molecule has 0 heterocycles. The highest BCUT2D eigenvalue weighted by atomic mass is 16.3. The van der Waals surface area contributed by atoms with Crippen LogP contribution in [0.25, 0.3) is 0 Å². The van der Waals surface area contributed by atoms with Crippen LogP contribution < -0.4 is 5.73 Å². The summed E-state index contributed by atoms with van der Waals surface area (Å²) in [4.78, 5) is 0. The van der Waals surface area contributed by atoms with Crippen molar-refractivity contribution >= 4 is 0 Å². The molecule has 4 N–H and O–H groups in total. The standard InChI is InChI=1S/C8H19NO2/c1-5(2)8(9)7(11)4-6(3)10/h5-8,10-11H,4,9H2,1-3H3. The summed E-state index contributed by atoms with van der Waals surface area (Å²) in [5.74, 6) is 0.253. The fourth-order valence-corrected chi connectivity index (χ4v) is 0.951. The molecule has 0 radical (unpaired) electrons. The summed E-state index contributed by atoms with van der Waals surface area (Å²) in [7, 11) is 0. The number of aliphatic hydroxyl groups is 2. The van der Waals surface area contributed by atoms with E-state index < -0.39 is 12.2 Å².